The molecule has 2 aromatic carbocycles. The molecule has 1 atom stereocenters. The van der Waals surface area contributed by atoms with Crippen molar-refractivity contribution in [3.05, 3.63) is 79.8 Å². The van der Waals surface area contributed by atoms with Crippen LogP contribution in [0, 0.1) is 19.7 Å². The molecule has 0 aliphatic carbocycles. The number of rotatable bonds is 8. The fourth-order valence-corrected chi connectivity index (χ4v) is 5.94. The number of benzene rings is 2. The van der Waals surface area contributed by atoms with Gasteiger partial charge in [-0.05, 0) is 83.2 Å². The van der Waals surface area contributed by atoms with Gasteiger partial charge < -0.3 is 14.6 Å². The molecule has 1 aliphatic heterocycles. The van der Waals surface area contributed by atoms with Crippen LogP contribution < -0.4 is 4.74 Å². The summed E-state index contributed by atoms with van der Waals surface area (Å²) in [5, 5.41) is 15.9. The lowest BCUT2D eigenvalue weighted by Crippen LogP contribution is -2.29. The summed E-state index contributed by atoms with van der Waals surface area (Å²) in [5.74, 6) is -1.85. The highest BCUT2D eigenvalue weighted by atomic mass is 35.5. The van der Waals surface area contributed by atoms with Gasteiger partial charge in [-0.1, -0.05) is 29.3 Å². The average Bonchev–Trinajstić information content (AvgIpc) is 3.36. The fourth-order valence-electron chi connectivity index (χ4n) is 5.43. The number of aromatic nitrogens is 3. The molecular weight excluding hydrogens is 596 g/mol. The first-order chi connectivity index (χ1) is 20.2. The minimum Gasteiger partial charge on any atom is -0.490 e. The van der Waals surface area contributed by atoms with E-state index in [1.54, 1.807) is 52.0 Å². The molecule has 4 aromatic rings. The molecule has 0 fully saturated rings. The molecule has 5 rings (SSSR count). The van der Waals surface area contributed by atoms with Crippen LogP contribution in [0.1, 0.15) is 78.2 Å². The zero-order valence-electron chi connectivity index (χ0n) is 24.6. The molecule has 226 valence electrons. The van der Waals surface area contributed by atoms with E-state index >= 15 is 4.39 Å². The molecule has 3 heterocycles. The van der Waals surface area contributed by atoms with Crippen molar-refractivity contribution in [3.8, 4) is 17.0 Å². The molecule has 11 heteroatoms. The summed E-state index contributed by atoms with van der Waals surface area (Å²) < 4.78 is 28.6. The molecule has 1 aliphatic rings. The van der Waals surface area contributed by atoms with Crippen LogP contribution in [0.3, 0.4) is 0 Å². The van der Waals surface area contributed by atoms with E-state index in [1.165, 1.54) is 10.6 Å². The van der Waals surface area contributed by atoms with Crippen molar-refractivity contribution in [2.45, 2.75) is 72.0 Å². The largest absolute Gasteiger partial charge is 0.490 e. The summed E-state index contributed by atoms with van der Waals surface area (Å²) in [6.45, 7) is 9.19. The van der Waals surface area contributed by atoms with E-state index in [0.29, 0.717) is 57.7 Å². The molecule has 43 heavy (non-hydrogen) atoms. The molecule has 0 amide bonds. The monoisotopic (exact) mass is 627 g/mol. The second kappa shape index (κ2) is 11.9. The fraction of sp³-hybridized carbons (Fsp3) is 0.375. The third-order valence-electron chi connectivity index (χ3n) is 7.40. The lowest BCUT2D eigenvalue weighted by molar-refractivity contribution is -0.160. The van der Waals surface area contributed by atoms with Crippen molar-refractivity contribution in [1.82, 2.24) is 14.6 Å². The minimum absolute atomic E-state index is 0.112. The highest BCUT2D eigenvalue weighted by molar-refractivity contribution is 6.35. The Bertz CT molecular complexity index is 1760. The lowest BCUT2D eigenvalue weighted by Gasteiger charge is -2.28. The standard InChI is InChI=1S/C32H32Cl2FN3O5/c1-16-20-7-6-12-42-29(20)23(35)14-21(16)28-27(30(31(40)41)43-32(3,4)5)17(2)36-26-15-24(37-38(26)28)25(39)11-9-18-8-10-19(33)13-22(18)34/h8,10,13-15,30H,6-7,9,11-12H2,1-5H3,(H,40,41). The Morgan fingerprint density at radius 2 is 1.93 bits per heavy atom. The molecule has 8 nitrogen and oxygen atoms in total. The van der Waals surface area contributed by atoms with E-state index in [-0.39, 0.29) is 29.2 Å². The first-order valence-electron chi connectivity index (χ1n) is 14.0. The highest BCUT2D eigenvalue weighted by Crippen LogP contribution is 2.41. The van der Waals surface area contributed by atoms with E-state index in [4.69, 9.17) is 32.7 Å². The van der Waals surface area contributed by atoms with Gasteiger partial charge >= 0.3 is 5.97 Å². The number of Topliss-reactive ketones (excluding diaryl/α,β-unsaturated/α-hetero) is 1. The first kappa shape index (κ1) is 30.9. The van der Waals surface area contributed by atoms with Crippen molar-refractivity contribution in [1.29, 1.82) is 0 Å². The number of hydrogen-bond acceptors (Lipinski definition) is 6. The Hall–Kier alpha value is -3.53. The number of carboxylic acids is 1. The smallest absolute Gasteiger partial charge is 0.337 e. The van der Waals surface area contributed by atoms with E-state index in [2.05, 4.69) is 10.1 Å². The molecule has 0 spiro atoms. The number of aryl methyl sites for hydroxylation is 2. The topological polar surface area (TPSA) is 103 Å². The summed E-state index contributed by atoms with van der Waals surface area (Å²) >= 11 is 12.3. The van der Waals surface area contributed by atoms with Crippen LogP contribution in [0.15, 0.2) is 30.3 Å². The Kier molecular flexibility index (Phi) is 8.53. The summed E-state index contributed by atoms with van der Waals surface area (Å²) in [4.78, 5) is 30.7. The van der Waals surface area contributed by atoms with Crippen LogP contribution in [0.2, 0.25) is 10.0 Å². The number of fused-ring (bicyclic) bond motifs is 2. The van der Waals surface area contributed by atoms with Gasteiger partial charge in [0.1, 0.15) is 5.69 Å². The summed E-state index contributed by atoms with van der Waals surface area (Å²) in [6, 6.07) is 7.99. The first-order valence-corrected chi connectivity index (χ1v) is 14.7. The van der Waals surface area contributed by atoms with Crippen molar-refractivity contribution < 1.29 is 28.6 Å². The number of aliphatic carboxylic acids is 1. The Balaban J connectivity index is 1.69. The van der Waals surface area contributed by atoms with Gasteiger partial charge in [-0.3, -0.25) is 4.79 Å². The number of nitrogens with zero attached hydrogens (tertiary/aromatic N) is 3. The zero-order chi connectivity index (χ0) is 31.2. The van der Waals surface area contributed by atoms with Crippen LogP contribution >= 0.6 is 23.2 Å². The number of carbonyl (C=O) groups excluding carboxylic acids is 1. The average molecular weight is 629 g/mol. The van der Waals surface area contributed by atoms with Gasteiger partial charge in [-0.2, -0.15) is 5.10 Å². The van der Waals surface area contributed by atoms with Gasteiger partial charge in [0.2, 0.25) is 0 Å². The molecule has 2 aromatic heterocycles. The second-order valence-electron chi connectivity index (χ2n) is 11.7. The van der Waals surface area contributed by atoms with Gasteiger partial charge in [0.25, 0.3) is 0 Å². The Morgan fingerprint density at radius 3 is 2.60 bits per heavy atom. The van der Waals surface area contributed by atoms with Gasteiger partial charge in [0.05, 0.1) is 17.9 Å². The maximum absolute atomic E-state index is 15.5. The van der Waals surface area contributed by atoms with Gasteiger partial charge in [0.15, 0.2) is 29.1 Å². The zero-order valence-corrected chi connectivity index (χ0v) is 26.1. The molecule has 0 saturated carbocycles. The second-order valence-corrected chi connectivity index (χ2v) is 12.5. The normalized spacial score (nSPS) is 14.0. The molecule has 0 saturated heterocycles. The summed E-state index contributed by atoms with van der Waals surface area (Å²) in [5.41, 5.74) is 3.13. The molecule has 1 N–H and O–H groups in total. The Morgan fingerprint density at radius 1 is 1.19 bits per heavy atom. The summed E-state index contributed by atoms with van der Waals surface area (Å²) in [7, 11) is 0. The number of ether oxygens (including phenoxy) is 2. The van der Waals surface area contributed by atoms with Gasteiger partial charge in [0, 0.05) is 44.9 Å². The molecule has 0 radical (unpaired) electrons. The van der Waals surface area contributed by atoms with Crippen LogP contribution in [-0.2, 0) is 22.4 Å². The summed E-state index contributed by atoms with van der Waals surface area (Å²) in [6.07, 6.45) is 0.351. The molecule has 1 unspecified atom stereocenters. The predicted molar refractivity (Wildman–Crippen MR) is 162 cm³/mol. The van der Waals surface area contributed by atoms with E-state index in [0.717, 1.165) is 17.5 Å². The maximum atomic E-state index is 15.5. The predicted octanol–water partition coefficient (Wildman–Crippen LogP) is 7.54. The van der Waals surface area contributed by atoms with E-state index in [1.807, 2.05) is 6.92 Å². The molecule has 0 bridgehead atoms. The van der Waals surface area contributed by atoms with Crippen molar-refractivity contribution in [2.75, 3.05) is 6.61 Å². The van der Waals surface area contributed by atoms with Crippen LogP contribution in [0.25, 0.3) is 16.9 Å². The quantitative estimate of drug-likeness (QED) is 0.201. The van der Waals surface area contributed by atoms with E-state index < -0.39 is 23.5 Å². The van der Waals surface area contributed by atoms with Crippen LogP contribution in [0.4, 0.5) is 4.39 Å². The number of carboxylic acid groups (broad SMARTS) is 1. The van der Waals surface area contributed by atoms with Crippen molar-refractivity contribution >= 4 is 40.6 Å². The van der Waals surface area contributed by atoms with E-state index in [9.17, 15) is 14.7 Å². The third-order valence-corrected chi connectivity index (χ3v) is 7.99. The van der Waals surface area contributed by atoms with Crippen LogP contribution in [0.5, 0.6) is 5.75 Å². The number of carbonyl (C=O) groups is 2. The third kappa shape index (κ3) is 6.25. The number of hydrogen-bond donors (Lipinski definition) is 1. The molecular formula is C32H32Cl2FN3O5. The number of halogens is 3. The number of ketones is 1. The van der Waals surface area contributed by atoms with Gasteiger partial charge in [-0.15, -0.1) is 0 Å². The van der Waals surface area contributed by atoms with Crippen LogP contribution in [-0.4, -0.2) is 43.7 Å². The van der Waals surface area contributed by atoms with Crippen molar-refractivity contribution in [2.24, 2.45) is 0 Å². The van der Waals surface area contributed by atoms with Crippen molar-refractivity contribution in [3.63, 3.8) is 0 Å². The highest BCUT2D eigenvalue weighted by Gasteiger charge is 2.35. The maximum Gasteiger partial charge on any atom is 0.337 e. The van der Waals surface area contributed by atoms with Gasteiger partial charge in [-0.25, -0.2) is 18.7 Å². The minimum atomic E-state index is -1.45. The lowest BCUT2D eigenvalue weighted by atomic mass is 9.91. The SMILES string of the molecule is Cc1nc2cc(C(=O)CCc3ccc(Cl)cc3Cl)nn2c(-c2cc(F)c3c(c2C)CCCO3)c1C(OC(C)(C)C)C(=O)O. The Labute approximate surface area is 258 Å².